The van der Waals surface area contributed by atoms with Gasteiger partial charge in [-0.15, -0.1) is 11.3 Å². The molecule has 9 nitrogen and oxygen atoms in total. The van der Waals surface area contributed by atoms with E-state index in [1.165, 1.54) is 17.7 Å². The molecule has 4 heterocycles. The Bertz CT molecular complexity index is 1870. The van der Waals surface area contributed by atoms with Crippen molar-refractivity contribution in [3.05, 3.63) is 75.2 Å². The molecule has 0 amide bonds. The van der Waals surface area contributed by atoms with Gasteiger partial charge in [0.1, 0.15) is 27.7 Å². The highest BCUT2D eigenvalue weighted by Gasteiger charge is 2.29. The van der Waals surface area contributed by atoms with Crippen molar-refractivity contribution in [1.29, 1.82) is 0 Å². The van der Waals surface area contributed by atoms with Crippen molar-refractivity contribution in [3.63, 3.8) is 0 Å². The Hall–Kier alpha value is -4.18. The highest BCUT2D eigenvalue weighted by molar-refractivity contribution is 7.26. The third-order valence-corrected chi connectivity index (χ3v) is 7.58. The van der Waals surface area contributed by atoms with Gasteiger partial charge in [0, 0.05) is 10.9 Å². The number of hydrogen-bond acceptors (Lipinski definition) is 8. The number of oxazole rings is 2. The molecule has 1 aliphatic carbocycles. The van der Waals surface area contributed by atoms with E-state index in [0.717, 1.165) is 39.8 Å². The number of ether oxygens (including phenoxy) is 1. The number of nitrogens with zero attached hydrogens (tertiary/aromatic N) is 3. The molecule has 4 aromatic heterocycles. The van der Waals surface area contributed by atoms with Gasteiger partial charge in [0.2, 0.25) is 0 Å². The van der Waals surface area contributed by atoms with Gasteiger partial charge in [-0.1, -0.05) is 0 Å². The molecule has 1 aliphatic rings. The normalized spacial score (nSPS) is 13.9. The summed E-state index contributed by atoms with van der Waals surface area (Å²) in [6.45, 7) is 0.190. The number of aromatic amines is 1. The number of rotatable bonds is 5. The zero-order valence-corrected chi connectivity index (χ0v) is 19.3. The van der Waals surface area contributed by atoms with E-state index in [1.54, 1.807) is 30.0 Å². The number of methoxy groups -OCH3 is 1. The van der Waals surface area contributed by atoms with Crippen molar-refractivity contribution >= 4 is 42.7 Å². The van der Waals surface area contributed by atoms with Crippen LogP contribution >= 0.6 is 11.3 Å². The van der Waals surface area contributed by atoms with E-state index in [-0.39, 0.29) is 12.1 Å². The van der Waals surface area contributed by atoms with Gasteiger partial charge in [0.25, 0.3) is 5.56 Å². The van der Waals surface area contributed by atoms with E-state index in [2.05, 4.69) is 9.97 Å². The highest BCUT2D eigenvalue weighted by atomic mass is 32.1. The Morgan fingerprint density at radius 1 is 1.23 bits per heavy atom. The van der Waals surface area contributed by atoms with Crippen molar-refractivity contribution in [2.24, 2.45) is 0 Å². The number of fused-ring (bicyclic) bond motifs is 5. The van der Waals surface area contributed by atoms with Crippen molar-refractivity contribution in [3.8, 4) is 17.1 Å². The van der Waals surface area contributed by atoms with E-state index in [9.17, 15) is 9.59 Å². The Labute approximate surface area is 200 Å². The summed E-state index contributed by atoms with van der Waals surface area (Å²) < 4.78 is 18.6. The lowest BCUT2D eigenvalue weighted by Crippen LogP contribution is -2.24. The SMILES string of the molecule is COc1ccc(-c2nc3sc4c(ccc5oc(=O)[nH]c54)c3c(=O)n2Cc2cnco2)c(C2CC2)c1. The molecule has 10 heteroatoms. The molecule has 1 fully saturated rings. The summed E-state index contributed by atoms with van der Waals surface area (Å²) in [7, 11) is 1.65. The number of H-pyrrole nitrogens is 1. The van der Waals surface area contributed by atoms with Gasteiger partial charge in [-0.25, -0.2) is 14.8 Å². The predicted molar refractivity (Wildman–Crippen MR) is 131 cm³/mol. The Morgan fingerprint density at radius 2 is 2.11 bits per heavy atom. The van der Waals surface area contributed by atoms with Gasteiger partial charge in [-0.05, 0) is 54.7 Å². The second-order valence-corrected chi connectivity index (χ2v) is 9.63. The van der Waals surface area contributed by atoms with Crippen molar-refractivity contribution in [2.45, 2.75) is 25.3 Å². The molecule has 0 spiro atoms. The summed E-state index contributed by atoms with van der Waals surface area (Å²) in [5.41, 5.74) is 2.84. The van der Waals surface area contributed by atoms with E-state index in [0.29, 0.717) is 38.8 Å². The fourth-order valence-corrected chi connectivity index (χ4v) is 5.82. The minimum atomic E-state index is -0.534. The topological polar surface area (TPSA) is 116 Å². The van der Waals surface area contributed by atoms with Crippen LogP contribution in [0.2, 0.25) is 0 Å². The van der Waals surface area contributed by atoms with Gasteiger partial charge >= 0.3 is 5.76 Å². The standard InChI is InChI=1S/C25H18N4O5S/c1-32-13-4-5-15(17(8-13)12-2-3-12)22-28-23-19(24(30)29(22)10-14-9-26-11-33-14)16-6-7-18-20(21(16)35-23)27-25(31)34-18/h4-9,11-12H,2-3,10H2,1H3,(H,27,31). The minimum Gasteiger partial charge on any atom is -0.497 e. The number of aromatic nitrogens is 4. The quantitative estimate of drug-likeness (QED) is 0.377. The summed E-state index contributed by atoms with van der Waals surface area (Å²) in [5, 5.41) is 1.22. The van der Waals surface area contributed by atoms with Crippen molar-refractivity contribution in [2.75, 3.05) is 7.11 Å². The summed E-state index contributed by atoms with van der Waals surface area (Å²) in [5.74, 6) is 1.76. The molecular weight excluding hydrogens is 468 g/mol. The zero-order valence-electron chi connectivity index (χ0n) is 18.5. The van der Waals surface area contributed by atoms with Gasteiger partial charge in [0.15, 0.2) is 12.0 Å². The van der Waals surface area contributed by atoms with Gasteiger partial charge in [-0.2, -0.15) is 0 Å². The highest BCUT2D eigenvalue weighted by Crippen LogP contribution is 2.46. The number of benzene rings is 2. The minimum absolute atomic E-state index is 0.185. The average molecular weight is 487 g/mol. The van der Waals surface area contributed by atoms with Gasteiger partial charge < -0.3 is 13.6 Å². The molecule has 1 saturated carbocycles. The molecule has 6 aromatic rings. The molecule has 0 bridgehead atoms. The fraction of sp³-hybridized carbons (Fsp3) is 0.200. The first-order chi connectivity index (χ1) is 17.1. The first-order valence-corrected chi connectivity index (χ1v) is 12.0. The zero-order chi connectivity index (χ0) is 23.7. The smallest absolute Gasteiger partial charge is 0.417 e. The second kappa shape index (κ2) is 7.41. The molecule has 1 N–H and O–H groups in total. The van der Waals surface area contributed by atoms with E-state index >= 15 is 0 Å². The van der Waals surface area contributed by atoms with Crippen LogP contribution in [0.4, 0.5) is 0 Å². The Balaban J connectivity index is 1.57. The van der Waals surface area contributed by atoms with Crippen LogP contribution in [0.3, 0.4) is 0 Å². The van der Waals surface area contributed by atoms with Crippen LogP contribution in [0.5, 0.6) is 5.75 Å². The van der Waals surface area contributed by atoms with Crippen molar-refractivity contribution in [1.82, 2.24) is 19.5 Å². The molecule has 7 rings (SSSR count). The van der Waals surface area contributed by atoms with Crippen LogP contribution in [0, 0.1) is 0 Å². The molecule has 0 radical (unpaired) electrons. The Morgan fingerprint density at radius 3 is 2.89 bits per heavy atom. The molecule has 174 valence electrons. The number of nitrogens with one attached hydrogen (secondary N) is 1. The fourth-order valence-electron chi connectivity index (χ4n) is 4.67. The molecule has 0 aliphatic heterocycles. The maximum Gasteiger partial charge on any atom is 0.417 e. The van der Waals surface area contributed by atoms with E-state index in [1.807, 2.05) is 18.2 Å². The van der Waals surface area contributed by atoms with E-state index in [4.69, 9.17) is 18.6 Å². The molecule has 0 atom stereocenters. The monoisotopic (exact) mass is 486 g/mol. The van der Waals surface area contributed by atoms with Crippen molar-refractivity contribution < 1.29 is 13.6 Å². The first kappa shape index (κ1) is 20.2. The molecular formula is C25H18N4O5S. The summed E-state index contributed by atoms with van der Waals surface area (Å²) in [6, 6.07) is 9.40. The van der Waals surface area contributed by atoms with E-state index < -0.39 is 5.76 Å². The average Bonchev–Trinajstić information content (AvgIpc) is 3.25. The summed E-state index contributed by atoms with van der Waals surface area (Å²) in [6.07, 6.45) is 5.12. The summed E-state index contributed by atoms with van der Waals surface area (Å²) >= 11 is 1.37. The summed E-state index contributed by atoms with van der Waals surface area (Å²) in [4.78, 5) is 38.2. The van der Waals surface area contributed by atoms with Gasteiger partial charge in [-0.3, -0.25) is 14.3 Å². The lowest BCUT2D eigenvalue weighted by molar-refractivity contribution is 0.414. The predicted octanol–water partition coefficient (Wildman–Crippen LogP) is 4.64. The van der Waals surface area contributed by atoms with Crippen LogP contribution in [0.15, 0.2) is 61.3 Å². The number of thiophene rings is 1. The number of hydrogen-bond donors (Lipinski definition) is 1. The largest absolute Gasteiger partial charge is 0.497 e. The van der Waals surface area contributed by atoms with Gasteiger partial charge in [0.05, 0.1) is 29.9 Å². The third kappa shape index (κ3) is 3.13. The third-order valence-electron chi connectivity index (χ3n) is 6.47. The van der Waals surface area contributed by atoms with Crippen LogP contribution in [0.1, 0.15) is 30.1 Å². The van der Waals surface area contributed by atoms with Crippen LogP contribution in [-0.2, 0) is 6.54 Å². The van der Waals surface area contributed by atoms with Crippen LogP contribution in [-0.4, -0.2) is 26.6 Å². The maximum atomic E-state index is 14.0. The molecule has 35 heavy (non-hydrogen) atoms. The first-order valence-electron chi connectivity index (χ1n) is 11.2. The second-order valence-electron chi connectivity index (χ2n) is 8.63. The molecule has 0 unspecified atom stereocenters. The van der Waals surface area contributed by atoms with Crippen LogP contribution < -0.4 is 16.1 Å². The lowest BCUT2D eigenvalue weighted by atomic mass is 10.0. The lowest BCUT2D eigenvalue weighted by Gasteiger charge is -2.15. The molecule has 0 saturated heterocycles. The Kier molecular flexibility index (Phi) is 4.28. The van der Waals surface area contributed by atoms with Crippen LogP contribution in [0.25, 0.3) is 42.8 Å². The maximum absolute atomic E-state index is 14.0. The molecule has 2 aromatic carbocycles.